The third-order valence-corrected chi connectivity index (χ3v) is 3.03. The Morgan fingerprint density at radius 2 is 2.39 bits per heavy atom. The monoisotopic (exact) mass is 250 g/mol. The van der Waals surface area contributed by atoms with Gasteiger partial charge < -0.3 is 9.26 Å². The number of hydrogen-bond donors (Lipinski definition) is 2. The van der Waals surface area contributed by atoms with Crippen molar-refractivity contribution in [2.24, 2.45) is 0 Å². The molecule has 7 nitrogen and oxygen atoms in total. The third kappa shape index (κ3) is 2.35. The lowest BCUT2D eigenvalue weighted by atomic mass is 10.1. The summed E-state index contributed by atoms with van der Waals surface area (Å²) < 4.78 is 10.3. The minimum absolute atomic E-state index is 0.216. The molecule has 0 radical (unpaired) electrons. The number of aromatic nitrogens is 4. The van der Waals surface area contributed by atoms with Crippen molar-refractivity contribution in [1.82, 2.24) is 20.3 Å². The van der Waals surface area contributed by atoms with Gasteiger partial charge in [0, 0.05) is 31.4 Å². The molecule has 1 fully saturated rings. The van der Waals surface area contributed by atoms with Crippen LogP contribution < -0.4 is 5.56 Å². The largest absolute Gasteiger partial charge is 0.384 e. The lowest BCUT2D eigenvalue weighted by molar-refractivity contribution is 0.193. The maximum atomic E-state index is 10.9. The first-order chi connectivity index (χ1) is 8.81. The lowest BCUT2D eigenvalue weighted by Gasteiger charge is -1.98. The second kappa shape index (κ2) is 4.77. The minimum Gasteiger partial charge on any atom is -0.384 e. The van der Waals surface area contributed by atoms with Gasteiger partial charge in [0.05, 0.1) is 6.61 Å². The molecule has 0 amide bonds. The van der Waals surface area contributed by atoms with Gasteiger partial charge in [-0.2, -0.15) is 10.3 Å². The molecule has 1 atom stereocenters. The summed E-state index contributed by atoms with van der Waals surface area (Å²) in [5.74, 6) is 2.56. The molecule has 3 rings (SSSR count). The van der Waals surface area contributed by atoms with Crippen LogP contribution in [0.25, 0.3) is 0 Å². The van der Waals surface area contributed by atoms with E-state index < -0.39 is 0 Å². The van der Waals surface area contributed by atoms with E-state index in [0.29, 0.717) is 31.1 Å². The summed E-state index contributed by atoms with van der Waals surface area (Å²) in [7, 11) is 0. The smallest absolute Gasteiger partial charge is 0.280 e. The van der Waals surface area contributed by atoms with Crippen LogP contribution in [0, 0.1) is 0 Å². The average molecular weight is 250 g/mol. The molecule has 1 aliphatic rings. The van der Waals surface area contributed by atoms with E-state index in [-0.39, 0.29) is 5.56 Å². The van der Waals surface area contributed by atoms with Crippen LogP contribution in [0.4, 0.5) is 0 Å². The minimum atomic E-state index is -0.216. The zero-order chi connectivity index (χ0) is 12.4. The molecule has 2 aromatic heterocycles. The molecule has 2 aromatic rings. The lowest BCUT2D eigenvalue weighted by Crippen LogP contribution is -2.00. The number of rotatable bonds is 4. The number of aryl methyl sites for hydroxylation is 2. The van der Waals surface area contributed by atoms with Gasteiger partial charge in [-0.15, -0.1) is 0 Å². The predicted molar refractivity (Wildman–Crippen MR) is 61.3 cm³/mol. The summed E-state index contributed by atoms with van der Waals surface area (Å²) in [6, 6.07) is 1.45. The van der Waals surface area contributed by atoms with Crippen molar-refractivity contribution in [3.8, 4) is 0 Å². The maximum Gasteiger partial charge on any atom is 0.280 e. The molecular weight excluding hydrogens is 236 g/mol. The highest BCUT2D eigenvalue weighted by Crippen LogP contribution is 2.21. The van der Waals surface area contributed by atoms with E-state index in [0.717, 1.165) is 24.7 Å². The summed E-state index contributed by atoms with van der Waals surface area (Å²) in [6.45, 7) is 1.48. The van der Waals surface area contributed by atoms with Gasteiger partial charge in [-0.25, -0.2) is 4.98 Å². The van der Waals surface area contributed by atoms with Gasteiger partial charge in [0.1, 0.15) is 11.6 Å². The topological polar surface area (TPSA) is 96.8 Å². The Labute approximate surface area is 103 Å². The first kappa shape index (κ1) is 11.2. The van der Waals surface area contributed by atoms with Crippen molar-refractivity contribution in [1.29, 1.82) is 0 Å². The second-order valence-corrected chi connectivity index (χ2v) is 4.38. The predicted octanol–water partition coefficient (Wildman–Crippen LogP) is 0.375. The van der Waals surface area contributed by atoms with Gasteiger partial charge in [0.25, 0.3) is 5.56 Å². The van der Waals surface area contributed by atoms with E-state index in [1.54, 1.807) is 0 Å². The first-order valence-corrected chi connectivity index (χ1v) is 5.97. The Kier molecular flexibility index (Phi) is 2.97. The number of aromatic amines is 2. The van der Waals surface area contributed by atoms with Crippen LogP contribution >= 0.6 is 0 Å². The number of nitrogens with one attached hydrogen (secondary N) is 2. The van der Waals surface area contributed by atoms with Crippen molar-refractivity contribution in [3.63, 3.8) is 0 Å². The van der Waals surface area contributed by atoms with Crippen molar-refractivity contribution >= 4 is 0 Å². The molecule has 3 heterocycles. The third-order valence-electron chi connectivity index (χ3n) is 3.03. The highest BCUT2D eigenvalue weighted by Gasteiger charge is 2.21. The fraction of sp³-hybridized carbons (Fsp3) is 0.545. The standard InChI is InChI=1S/C11H14N4O3/c16-10-5-8(18-15-10)1-2-9-12-11(14-13-9)7-3-4-17-6-7/h5,7H,1-4,6H2,(H,15,16)(H,12,13,14)/t7-/m1/s1. The molecule has 7 heteroatoms. The Balaban J connectivity index is 1.61. The Morgan fingerprint density at radius 1 is 1.44 bits per heavy atom. The quantitative estimate of drug-likeness (QED) is 0.817. The van der Waals surface area contributed by atoms with Crippen LogP contribution in [0.1, 0.15) is 29.7 Å². The van der Waals surface area contributed by atoms with Crippen LogP contribution in [0.5, 0.6) is 0 Å². The van der Waals surface area contributed by atoms with E-state index in [4.69, 9.17) is 9.26 Å². The van der Waals surface area contributed by atoms with E-state index in [1.165, 1.54) is 6.07 Å². The average Bonchev–Trinajstić information content (AvgIpc) is 3.07. The maximum absolute atomic E-state index is 10.9. The van der Waals surface area contributed by atoms with E-state index in [1.807, 2.05) is 0 Å². The van der Waals surface area contributed by atoms with Gasteiger partial charge in [-0.3, -0.25) is 9.89 Å². The summed E-state index contributed by atoms with van der Waals surface area (Å²) in [5, 5.41) is 9.37. The molecule has 2 N–H and O–H groups in total. The molecule has 96 valence electrons. The molecule has 0 bridgehead atoms. The van der Waals surface area contributed by atoms with E-state index in [9.17, 15) is 4.79 Å². The molecule has 0 unspecified atom stereocenters. The summed E-state index contributed by atoms with van der Waals surface area (Å²) in [5.41, 5.74) is -0.216. The van der Waals surface area contributed by atoms with Crippen LogP contribution in [-0.2, 0) is 17.6 Å². The van der Waals surface area contributed by atoms with Crippen LogP contribution in [-0.4, -0.2) is 33.6 Å². The first-order valence-electron chi connectivity index (χ1n) is 5.97. The van der Waals surface area contributed by atoms with E-state index in [2.05, 4.69) is 20.3 Å². The van der Waals surface area contributed by atoms with Crippen LogP contribution in [0.15, 0.2) is 15.4 Å². The Hall–Kier alpha value is -1.89. The molecule has 1 saturated heterocycles. The second-order valence-electron chi connectivity index (χ2n) is 4.38. The molecule has 0 saturated carbocycles. The molecule has 0 aromatic carbocycles. The molecule has 0 spiro atoms. The highest BCUT2D eigenvalue weighted by atomic mass is 16.5. The van der Waals surface area contributed by atoms with Gasteiger partial charge in [0.15, 0.2) is 5.82 Å². The fourth-order valence-electron chi connectivity index (χ4n) is 2.03. The summed E-state index contributed by atoms with van der Waals surface area (Å²) in [4.78, 5) is 15.3. The number of hydrogen-bond acceptors (Lipinski definition) is 5. The SMILES string of the molecule is O=c1cc(CCc2nc([C@@H]3CCOC3)n[nH]2)o[nH]1. The Bertz CT molecular complexity index is 565. The molecule has 1 aliphatic heterocycles. The zero-order valence-corrected chi connectivity index (χ0v) is 9.81. The van der Waals surface area contributed by atoms with Crippen LogP contribution in [0.3, 0.4) is 0 Å². The van der Waals surface area contributed by atoms with Gasteiger partial charge >= 0.3 is 0 Å². The van der Waals surface area contributed by atoms with Crippen molar-refractivity contribution < 1.29 is 9.26 Å². The highest BCUT2D eigenvalue weighted by molar-refractivity contribution is 5.02. The number of nitrogens with zero attached hydrogens (tertiary/aromatic N) is 2. The van der Waals surface area contributed by atoms with Crippen molar-refractivity contribution in [2.45, 2.75) is 25.2 Å². The molecular formula is C11H14N4O3. The van der Waals surface area contributed by atoms with E-state index >= 15 is 0 Å². The van der Waals surface area contributed by atoms with Gasteiger partial charge in [-0.1, -0.05) is 0 Å². The number of H-pyrrole nitrogens is 2. The molecule has 0 aliphatic carbocycles. The Morgan fingerprint density at radius 3 is 3.11 bits per heavy atom. The number of ether oxygens (including phenoxy) is 1. The van der Waals surface area contributed by atoms with Gasteiger partial charge in [-0.05, 0) is 6.42 Å². The van der Waals surface area contributed by atoms with Gasteiger partial charge in [0.2, 0.25) is 0 Å². The zero-order valence-electron chi connectivity index (χ0n) is 9.81. The van der Waals surface area contributed by atoms with Crippen molar-refractivity contribution in [3.05, 3.63) is 33.8 Å². The normalized spacial score (nSPS) is 19.4. The summed E-state index contributed by atoms with van der Waals surface area (Å²) in [6.07, 6.45) is 2.26. The summed E-state index contributed by atoms with van der Waals surface area (Å²) >= 11 is 0. The van der Waals surface area contributed by atoms with Crippen LogP contribution in [0.2, 0.25) is 0 Å². The fourth-order valence-corrected chi connectivity index (χ4v) is 2.03. The van der Waals surface area contributed by atoms with Crippen molar-refractivity contribution in [2.75, 3.05) is 13.2 Å². The molecule has 18 heavy (non-hydrogen) atoms.